The van der Waals surface area contributed by atoms with Crippen LogP contribution < -0.4 is 4.74 Å². The molecule has 0 saturated heterocycles. The molecule has 0 fully saturated rings. The van der Waals surface area contributed by atoms with Gasteiger partial charge in [-0.3, -0.25) is 0 Å². The largest absolute Gasteiger partial charge is 0.486 e. The van der Waals surface area contributed by atoms with E-state index in [1.165, 1.54) is 6.07 Å². The molecule has 2 nitrogen and oxygen atoms in total. The molecule has 1 rings (SSSR count). The second kappa shape index (κ2) is 4.07. The number of aromatic nitrogens is 1. The van der Waals surface area contributed by atoms with Crippen LogP contribution >= 0.6 is 11.6 Å². The molecule has 0 aromatic carbocycles. The second-order valence-corrected chi connectivity index (χ2v) is 2.40. The molecule has 1 aromatic rings. The average Bonchev–Trinajstić information content (AvgIpc) is 2.07. The monoisotopic (exact) mass is 187 g/mol. The number of rotatable bonds is 3. The van der Waals surface area contributed by atoms with Crippen molar-refractivity contribution in [3.05, 3.63) is 35.9 Å². The van der Waals surface area contributed by atoms with Crippen LogP contribution in [0.15, 0.2) is 24.9 Å². The van der Waals surface area contributed by atoms with E-state index < -0.39 is 5.82 Å². The number of hydrogen-bond acceptors (Lipinski definition) is 2. The summed E-state index contributed by atoms with van der Waals surface area (Å²) in [6, 6.07) is 1.18. The van der Waals surface area contributed by atoms with Gasteiger partial charge in [-0.1, -0.05) is 24.3 Å². The summed E-state index contributed by atoms with van der Waals surface area (Å²) in [4.78, 5) is 3.56. The van der Waals surface area contributed by atoms with E-state index in [9.17, 15) is 4.39 Å². The van der Waals surface area contributed by atoms with E-state index >= 15 is 0 Å². The van der Waals surface area contributed by atoms with Crippen LogP contribution in [0.4, 0.5) is 4.39 Å². The first kappa shape index (κ1) is 9.00. The summed E-state index contributed by atoms with van der Waals surface area (Å²) in [5, 5.41) is 0.151. The van der Waals surface area contributed by atoms with Crippen molar-refractivity contribution in [2.75, 3.05) is 6.61 Å². The van der Waals surface area contributed by atoms with Gasteiger partial charge in [-0.05, 0) is 0 Å². The number of hydrogen-bond donors (Lipinski definition) is 0. The molecule has 0 N–H and O–H groups in total. The molecule has 4 heteroatoms. The third kappa shape index (κ3) is 2.20. The van der Waals surface area contributed by atoms with E-state index in [4.69, 9.17) is 16.3 Å². The van der Waals surface area contributed by atoms with Crippen LogP contribution in [-0.4, -0.2) is 11.6 Å². The minimum absolute atomic E-state index is 0.151. The van der Waals surface area contributed by atoms with Crippen LogP contribution in [0.1, 0.15) is 0 Å². The highest BCUT2D eigenvalue weighted by Gasteiger charge is 2.02. The van der Waals surface area contributed by atoms with Crippen LogP contribution in [-0.2, 0) is 0 Å². The fourth-order valence-electron chi connectivity index (χ4n) is 0.654. The van der Waals surface area contributed by atoms with Crippen LogP contribution in [0, 0.1) is 5.82 Å². The summed E-state index contributed by atoms with van der Waals surface area (Å²) in [5.41, 5.74) is 0. The zero-order valence-corrected chi connectivity index (χ0v) is 7.01. The number of ether oxygens (including phenoxy) is 1. The van der Waals surface area contributed by atoms with E-state index in [0.29, 0.717) is 0 Å². The SMILES string of the molecule is C=CCOc1cc(F)cnc1Cl. The summed E-state index contributed by atoms with van der Waals surface area (Å²) in [6.45, 7) is 3.73. The van der Waals surface area contributed by atoms with Gasteiger partial charge in [0.05, 0.1) is 6.20 Å². The molecule has 0 aliphatic heterocycles. The van der Waals surface area contributed by atoms with Crippen molar-refractivity contribution in [1.82, 2.24) is 4.98 Å². The molecule has 0 atom stereocenters. The zero-order chi connectivity index (χ0) is 8.97. The smallest absolute Gasteiger partial charge is 0.171 e. The maximum atomic E-state index is 12.5. The Morgan fingerprint density at radius 2 is 2.50 bits per heavy atom. The lowest BCUT2D eigenvalue weighted by molar-refractivity contribution is 0.359. The molecule has 0 radical (unpaired) electrons. The Labute approximate surface area is 74.6 Å². The van der Waals surface area contributed by atoms with Gasteiger partial charge in [-0.15, -0.1) is 0 Å². The van der Waals surface area contributed by atoms with E-state index in [-0.39, 0.29) is 17.5 Å². The molecule has 0 aliphatic carbocycles. The first-order valence-corrected chi connectivity index (χ1v) is 3.66. The molecular formula is C8H7ClFNO. The van der Waals surface area contributed by atoms with Gasteiger partial charge in [0.15, 0.2) is 10.9 Å². The maximum absolute atomic E-state index is 12.5. The molecule has 1 heterocycles. The molecular weight excluding hydrogens is 181 g/mol. The summed E-state index contributed by atoms with van der Waals surface area (Å²) in [6.07, 6.45) is 2.57. The summed E-state index contributed by atoms with van der Waals surface area (Å²) in [7, 11) is 0. The third-order valence-electron chi connectivity index (χ3n) is 1.13. The number of pyridine rings is 1. The summed E-state index contributed by atoms with van der Waals surface area (Å²) in [5.74, 6) is -0.241. The molecule has 1 aromatic heterocycles. The second-order valence-electron chi connectivity index (χ2n) is 2.04. The van der Waals surface area contributed by atoms with Crippen molar-refractivity contribution >= 4 is 11.6 Å². The lowest BCUT2D eigenvalue weighted by Gasteiger charge is -2.03. The van der Waals surface area contributed by atoms with Crippen molar-refractivity contribution in [1.29, 1.82) is 0 Å². The molecule has 0 saturated carbocycles. The van der Waals surface area contributed by atoms with Gasteiger partial charge < -0.3 is 4.74 Å². The van der Waals surface area contributed by atoms with E-state index in [1.54, 1.807) is 6.08 Å². The van der Waals surface area contributed by atoms with Crippen molar-refractivity contribution in [2.45, 2.75) is 0 Å². The van der Waals surface area contributed by atoms with Crippen molar-refractivity contribution in [3.63, 3.8) is 0 Å². The lowest BCUT2D eigenvalue weighted by Crippen LogP contribution is -1.95. The third-order valence-corrected chi connectivity index (χ3v) is 1.41. The topological polar surface area (TPSA) is 22.1 Å². The van der Waals surface area contributed by atoms with Crippen molar-refractivity contribution in [3.8, 4) is 5.75 Å². The molecule has 0 aliphatic rings. The average molecular weight is 188 g/mol. The van der Waals surface area contributed by atoms with Gasteiger partial charge in [0, 0.05) is 6.07 Å². The molecule has 64 valence electrons. The fourth-order valence-corrected chi connectivity index (χ4v) is 0.812. The first-order valence-electron chi connectivity index (χ1n) is 3.29. The van der Waals surface area contributed by atoms with E-state index in [2.05, 4.69) is 11.6 Å². The minimum atomic E-state index is -0.474. The highest BCUT2D eigenvalue weighted by Crippen LogP contribution is 2.21. The van der Waals surface area contributed by atoms with Gasteiger partial charge in [-0.25, -0.2) is 9.37 Å². The quantitative estimate of drug-likeness (QED) is 0.536. The molecule has 0 unspecified atom stereocenters. The van der Waals surface area contributed by atoms with E-state index in [0.717, 1.165) is 6.20 Å². The van der Waals surface area contributed by atoms with Crippen LogP contribution in [0.3, 0.4) is 0 Å². The van der Waals surface area contributed by atoms with E-state index in [1.807, 2.05) is 0 Å². The van der Waals surface area contributed by atoms with Crippen molar-refractivity contribution < 1.29 is 9.13 Å². The Morgan fingerprint density at radius 1 is 1.75 bits per heavy atom. The fraction of sp³-hybridized carbons (Fsp3) is 0.125. The Kier molecular flexibility index (Phi) is 3.05. The highest BCUT2D eigenvalue weighted by atomic mass is 35.5. The van der Waals surface area contributed by atoms with Crippen LogP contribution in [0.25, 0.3) is 0 Å². The van der Waals surface area contributed by atoms with Gasteiger partial charge in [0.1, 0.15) is 12.4 Å². The van der Waals surface area contributed by atoms with Crippen LogP contribution in [0.5, 0.6) is 5.75 Å². The predicted molar refractivity (Wildman–Crippen MR) is 44.9 cm³/mol. The molecule has 0 bridgehead atoms. The van der Waals surface area contributed by atoms with Gasteiger partial charge >= 0.3 is 0 Å². The van der Waals surface area contributed by atoms with Gasteiger partial charge in [0.25, 0.3) is 0 Å². The Morgan fingerprint density at radius 3 is 3.17 bits per heavy atom. The lowest BCUT2D eigenvalue weighted by atomic mass is 10.4. The Bertz CT molecular complexity index is 290. The number of nitrogens with zero attached hydrogens (tertiary/aromatic N) is 1. The maximum Gasteiger partial charge on any atom is 0.171 e. The van der Waals surface area contributed by atoms with Crippen LogP contribution in [0.2, 0.25) is 5.15 Å². The molecule has 0 spiro atoms. The summed E-state index contributed by atoms with van der Waals surface area (Å²) >= 11 is 5.59. The van der Waals surface area contributed by atoms with Gasteiger partial charge in [-0.2, -0.15) is 0 Å². The number of halogens is 2. The Balaban J connectivity index is 2.82. The summed E-state index contributed by atoms with van der Waals surface area (Å²) < 4.78 is 17.6. The predicted octanol–water partition coefficient (Wildman–Crippen LogP) is 2.44. The Hall–Kier alpha value is -1.09. The highest BCUT2D eigenvalue weighted by molar-refractivity contribution is 6.30. The standard InChI is InChI=1S/C8H7ClFNO/c1-2-3-12-7-4-6(10)5-11-8(7)9/h2,4-5H,1,3H2. The van der Waals surface area contributed by atoms with Crippen molar-refractivity contribution in [2.24, 2.45) is 0 Å². The normalized spacial score (nSPS) is 9.50. The first-order chi connectivity index (χ1) is 5.74. The zero-order valence-electron chi connectivity index (χ0n) is 6.26. The molecule has 12 heavy (non-hydrogen) atoms. The minimum Gasteiger partial charge on any atom is -0.486 e. The molecule has 0 amide bonds. The van der Waals surface area contributed by atoms with Gasteiger partial charge in [0.2, 0.25) is 0 Å².